The summed E-state index contributed by atoms with van der Waals surface area (Å²) >= 11 is 1.73. The molecule has 0 heterocycles. The zero-order chi connectivity index (χ0) is 8.69. The van der Waals surface area contributed by atoms with Gasteiger partial charge < -0.3 is 10.4 Å². The molecule has 66 valence electrons. The molecule has 1 unspecified atom stereocenters. The molecule has 0 radical (unpaired) electrons. The molecule has 0 fully saturated rings. The lowest BCUT2D eigenvalue weighted by Gasteiger charge is -2.13. The van der Waals surface area contributed by atoms with E-state index in [1.807, 2.05) is 6.26 Å². The average Bonchev–Trinajstić information content (AvgIpc) is 1.97. The van der Waals surface area contributed by atoms with E-state index in [9.17, 15) is 4.79 Å². The monoisotopic (exact) mass is 177 g/mol. The highest BCUT2D eigenvalue weighted by molar-refractivity contribution is 7.98. The van der Waals surface area contributed by atoms with Crippen molar-refractivity contribution in [1.82, 2.24) is 5.32 Å². The van der Waals surface area contributed by atoms with Crippen molar-refractivity contribution in [1.29, 1.82) is 0 Å². The Kier molecular flexibility index (Phi) is 6.36. The lowest BCUT2D eigenvalue weighted by molar-refractivity contribution is -0.136. The van der Waals surface area contributed by atoms with Gasteiger partial charge >= 0.3 is 5.97 Å². The molecule has 1 atom stereocenters. The quantitative estimate of drug-likeness (QED) is 0.630. The molecule has 0 aromatic heterocycles. The van der Waals surface area contributed by atoms with E-state index in [1.54, 1.807) is 11.8 Å². The van der Waals surface area contributed by atoms with Gasteiger partial charge in [0.15, 0.2) is 0 Å². The lowest BCUT2D eigenvalue weighted by Crippen LogP contribution is -2.34. The third-order valence-corrected chi connectivity index (χ3v) is 2.14. The van der Waals surface area contributed by atoms with Crippen LogP contribution in [0.2, 0.25) is 0 Å². The van der Waals surface area contributed by atoms with Crippen molar-refractivity contribution in [2.75, 3.05) is 18.6 Å². The van der Waals surface area contributed by atoms with E-state index in [1.165, 1.54) is 0 Å². The first-order valence-corrected chi connectivity index (χ1v) is 5.04. The van der Waals surface area contributed by atoms with Gasteiger partial charge in [0, 0.05) is 11.8 Å². The van der Waals surface area contributed by atoms with Crippen LogP contribution in [0.1, 0.15) is 13.3 Å². The van der Waals surface area contributed by atoms with E-state index in [4.69, 9.17) is 5.11 Å². The van der Waals surface area contributed by atoms with Gasteiger partial charge in [0.2, 0.25) is 0 Å². The highest BCUT2D eigenvalue weighted by atomic mass is 32.2. The smallest absolute Gasteiger partial charge is 0.317 e. The van der Waals surface area contributed by atoms with E-state index < -0.39 is 5.97 Å². The first kappa shape index (κ1) is 10.8. The van der Waals surface area contributed by atoms with E-state index in [2.05, 4.69) is 12.2 Å². The topological polar surface area (TPSA) is 49.3 Å². The molecule has 0 aliphatic rings. The van der Waals surface area contributed by atoms with E-state index >= 15 is 0 Å². The second-order valence-corrected chi connectivity index (χ2v) is 3.25. The molecule has 0 rings (SSSR count). The molecule has 0 bridgehead atoms. The Bertz CT molecular complexity index is 119. The fourth-order valence-electron chi connectivity index (χ4n) is 0.754. The van der Waals surface area contributed by atoms with Crippen LogP contribution in [0.25, 0.3) is 0 Å². The maximum absolute atomic E-state index is 10.2. The van der Waals surface area contributed by atoms with Crippen molar-refractivity contribution < 1.29 is 9.90 Å². The molecule has 0 aliphatic carbocycles. The van der Waals surface area contributed by atoms with Crippen LogP contribution in [0.3, 0.4) is 0 Å². The summed E-state index contributed by atoms with van der Waals surface area (Å²) in [5, 5.41) is 11.3. The zero-order valence-corrected chi connectivity index (χ0v) is 7.78. The Labute approximate surface area is 71.6 Å². The third kappa shape index (κ3) is 6.19. The second kappa shape index (κ2) is 6.49. The number of thioether (sulfide) groups is 1. The van der Waals surface area contributed by atoms with Gasteiger partial charge in [-0.05, 0) is 12.7 Å². The molecule has 0 amide bonds. The number of hydrogen-bond donors (Lipinski definition) is 2. The fraction of sp³-hybridized carbons (Fsp3) is 0.857. The van der Waals surface area contributed by atoms with E-state index in [0.29, 0.717) is 6.04 Å². The minimum atomic E-state index is -0.787. The number of carbonyl (C=O) groups is 1. The van der Waals surface area contributed by atoms with Gasteiger partial charge in [0.1, 0.15) is 0 Å². The average molecular weight is 177 g/mol. The molecule has 0 aromatic carbocycles. The highest BCUT2D eigenvalue weighted by Gasteiger charge is 2.05. The molecule has 0 saturated heterocycles. The first-order chi connectivity index (χ1) is 5.20. The fourth-order valence-corrected chi connectivity index (χ4v) is 1.51. The van der Waals surface area contributed by atoms with Gasteiger partial charge in [-0.2, -0.15) is 11.8 Å². The molecule has 4 heteroatoms. The first-order valence-electron chi connectivity index (χ1n) is 3.64. The third-order valence-electron chi connectivity index (χ3n) is 1.40. The highest BCUT2D eigenvalue weighted by Crippen LogP contribution is 1.99. The van der Waals surface area contributed by atoms with Crippen molar-refractivity contribution in [2.24, 2.45) is 0 Å². The predicted octanol–water partition coefficient (Wildman–Crippen LogP) is 0.802. The van der Waals surface area contributed by atoms with Crippen LogP contribution in [0.4, 0.5) is 0 Å². The standard InChI is InChI=1S/C7H15NO2S/c1-3-6(5-11-2)8-4-7(9)10/h6,8H,3-5H2,1-2H3,(H,9,10). The van der Waals surface area contributed by atoms with Crippen LogP contribution in [0.5, 0.6) is 0 Å². The molecule has 3 nitrogen and oxygen atoms in total. The Balaban J connectivity index is 3.43. The van der Waals surface area contributed by atoms with Gasteiger partial charge in [-0.3, -0.25) is 4.79 Å². The van der Waals surface area contributed by atoms with Crippen LogP contribution < -0.4 is 5.32 Å². The van der Waals surface area contributed by atoms with Crippen LogP contribution >= 0.6 is 11.8 Å². The molecule has 0 saturated carbocycles. The summed E-state index contributed by atoms with van der Waals surface area (Å²) in [5.74, 6) is 0.189. The molecule has 0 aromatic rings. The maximum atomic E-state index is 10.2. The van der Waals surface area contributed by atoms with Gasteiger partial charge in [-0.15, -0.1) is 0 Å². The van der Waals surface area contributed by atoms with Crippen LogP contribution in [-0.2, 0) is 4.79 Å². The van der Waals surface area contributed by atoms with E-state index in [0.717, 1.165) is 12.2 Å². The summed E-state index contributed by atoms with van der Waals surface area (Å²) in [6, 6.07) is 0.334. The summed E-state index contributed by atoms with van der Waals surface area (Å²) < 4.78 is 0. The van der Waals surface area contributed by atoms with Crippen LogP contribution in [0.15, 0.2) is 0 Å². The molecular weight excluding hydrogens is 162 g/mol. The minimum absolute atomic E-state index is 0.0685. The number of nitrogens with one attached hydrogen (secondary N) is 1. The second-order valence-electron chi connectivity index (χ2n) is 2.34. The Hall–Kier alpha value is -0.220. The Morgan fingerprint density at radius 1 is 1.73 bits per heavy atom. The van der Waals surface area contributed by atoms with Gasteiger partial charge in [-0.1, -0.05) is 6.92 Å². The Morgan fingerprint density at radius 2 is 2.36 bits per heavy atom. The van der Waals surface area contributed by atoms with Crippen molar-refractivity contribution in [2.45, 2.75) is 19.4 Å². The normalized spacial score (nSPS) is 12.9. The molecule has 2 N–H and O–H groups in total. The van der Waals surface area contributed by atoms with Crippen molar-refractivity contribution >= 4 is 17.7 Å². The number of carboxylic acids is 1. The summed E-state index contributed by atoms with van der Waals surface area (Å²) in [6.07, 6.45) is 3.00. The van der Waals surface area contributed by atoms with Crippen molar-refractivity contribution in [3.63, 3.8) is 0 Å². The lowest BCUT2D eigenvalue weighted by atomic mass is 10.2. The Morgan fingerprint density at radius 3 is 2.73 bits per heavy atom. The number of rotatable bonds is 6. The zero-order valence-electron chi connectivity index (χ0n) is 6.96. The summed E-state index contributed by atoms with van der Waals surface area (Å²) in [6.45, 7) is 2.12. The van der Waals surface area contributed by atoms with Gasteiger partial charge in [-0.25, -0.2) is 0 Å². The number of hydrogen-bond acceptors (Lipinski definition) is 3. The number of carboxylic acid groups (broad SMARTS) is 1. The largest absolute Gasteiger partial charge is 0.480 e. The van der Waals surface area contributed by atoms with Crippen LogP contribution in [-0.4, -0.2) is 35.7 Å². The minimum Gasteiger partial charge on any atom is -0.480 e. The predicted molar refractivity (Wildman–Crippen MR) is 48.1 cm³/mol. The molecule has 0 spiro atoms. The summed E-state index contributed by atoms with van der Waals surface area (Å²) in [5.41, 5.74) is 0. The SMILES string of the molecule is CCC(CSC)NCC(=O)O. The van der Waals surface area contributed by atoms with Crippen LogP contribution in [0, 0.1) is 0 Å². The van der Waals surface area contributed by atoms with Gasteiger partial charge in [0.05, 0.1) is 6.54 Å². The number of aliphatic carboxylic acids is 1. The summed E-state index contributed by atoms with van der Waals surface area (Å²) in [4.78, 5) is 10.2. The van der Waals surface area contributed by atoms with Gasteiger partial charge in [0.25, 0.3) is 0 Å². The maximum Gasteiger partial charge on any atom is 0.317 e. The summed E-state index contributed by atoms with van der Waals surface area (Å²) in [7, 11) is 0. The molecule has 11 heavy (non-hydrogen) atoms. The van der Waals surface area contributed by atoms with Crippen molar-refractivity contribution in [3.05, 3.63) is 0 Å². The van der Waals surface area contributed by atoms with Crippen molar-refractivity contribution in [3.8, 4) is 0 Å². The molecular formula is C7H15NO2S. The molecule has 0 aliphatic heterocycles. The van der Waals surface area contributed by atoms with E-state index in [-0.39, 0.29) is 6.54 Å².